The quantitative estimate of drug-likeness (QED) is 0.864. The monoisotopic (exact) mass is 397 g/mol. The summed E-state index contributed by atoms with van der Waals surface area (Å²) < 4.78 is 0. The van der Waals surface area contributed by atoms with Gasteiger partial charge in [0.2, 0.25) is 17.7 Å². The third-order valence-corrected chi connectivity index (χ3v) is 5.58. The second-order valence-corrected chi connectivity index (χ2v) is 7.52. The van der Waals surface area contributed by atoms with Gasteiger partial charge >= 0.3 is 0 Å². The minimum Gasteiger partial charge on any atom is -0.326 e. The maximum atomic E-state index is 12.7. The van der Waals surface area contributed by atoms with Gasteiger partial charge in [-0.3, -0.25) is 14.4 Å². The van der Waals surface area contributed by atoms with Crippen molar-refractivity contribution in [2.24, 2.45) is 5.92 Å². The fourth-order valence-electron chi connectivity index (χ4n) is 3.84. The molecule has 1 saturated heterocycles. The number of carbonyl (C=O) groups excluding carboxylic acids is 3. The molecule has 1 unspecified atom stereocenters. The number of hydrogen-bond donors (Lipinski definition) is 1. The van der Waals surface area contributed by atoms with Crippen LogP contribution in [0.3, 0.4) is 0 Å². The topological polar surface area (TPSA) is 69.7 Å². The number of rotatable bonds is 3. The van der Waals surface area contributed by atoms with Crippen molar-refractivity contribution < 1.29 is 14.4 Å². The Kier molecular flexibility index (Phi) is 4.81. The number of anilines is 3. The molecule has 6 nitrogen and oxygen atoms in total. The molecule has 0 spiro atoms. The number of fused-ring (bicyclic) bond motifs is 1. The molecule has 1 fully saturated rings. The molecule has 2 aromatic carbocycles. The maximum absolute atomic E-state index is 12.7. The average molecular weight is 398 g/mol. The summed E-state index contributed by atoms with van der Waals surface area (Å²) in [6, 6.07) is 12.7. The van der Waals surface area contributed by atoms with E-state index in [2.05, 4.69) is 5.32 Å². The average Bonchev–Trinajstić information content (AvgIpc) is 3.25. The second-order valence-electron chi connectivity index (χ2n) is 7.11. The highest BCUT2D eigenvalue weighted by Crippen LogP contribution is 2.33. The zero-order valence-corrected chi connectivity index (χ0v) is 16.2. The van der Waals surface area contributed by atoms with Gasteiger partial charge in [-0.1, -0.05) is 23.7 Å². The number of nitrogens with one attached hydrogen (secondary N) is 1. The molecule has 2 aromatic rings. The third kappa shape index (κ3) is 3.36. The Morgan fingerprint density at radius 2 is 1.93 bits per heavy atom. The Hall–Kier alpha value is -2.86. The molecule has 0 radical (unpaired) electrons. The molecule has 1 N–H and O–H groups in total. The van der Waals surface area contributed by atoms with Gasteiger partial charge in [0.05, 0.1) is 16.6 Å². The molecular weight excluding hydrogens is 378 g/mol. The molecule has 1 atom stereocenters. The van der Waals surface area contributed by atoms with Crippen molar-refractivity contribution in [3.05, 3.63) is 53.1 Å². The summed E-state index contributed by atoms with van der Waals surface area (Å²) in [6.07, 6.45) is 0.918. The molecule has 2 aliphatic heterocycles. The number of amides is 3. The molecule has 0 saturated carbocycles. The number of para-hydroxylation sites is 1. The van der Waals surface area contributed by atoms with Crippen molar-refractivity contribution in [3.63, 3.8) is 0 Å². The minimum absolute atomic E-state index is 0.0136. The van der Waals surface area contributed by atoms with Crippen LogP contribution >= 0.6 is 11.6 Å². The predicted octanol–water partition coefficient (Wildman–Crippen LogP) is 3.24. The molecule has 0 bridgehead atoms. The predicted molar refractivity (Wildman–Crippen MR) is 109 cm³/mol. The molecular formula is C21H20ClN3O3. The normalized spacial score (nSPS) is 18.4. The van der Waals surface area contributed by atoms with E-state index in [0.29, 0.717) is 29.5 Å². The Morgan fingerprint density at radius 1 is 1.14 bits per heavy atom. The van der Waals surface area contributed by atoms with E-state index in [4.69, 9.17) is 11.6 Å². The number of halogens is 1. The lowest BCUT2D eigenvalue weighted by atomic mass is 10.1. The van der Waals surface area contributed by atoms with Crippen LogP contribution in [-0.2, 0) is 20.8 Å². The van der Waals surface area contributed by atoms with Crippen molar-refractivity contribution in [1.82, 2.24) is 0 Å². The number of hydrogen-bond acceptors (Lipinski definition) is 3. The molecule has 3 amide bonds. The molecule has 0 aromatic heterocycles. The summed E-state index contributed by atoms with van der Waals surface area (Å²) in [7, 11) is 0. The zero-order chi connectivity index (χ0) is 19.8. The van der Waals surface area contributed by atoms with Crippen molar-refractivity contribution in [2.75, 3.05) is 28.2 Å². The smallest absolute Gasteiger partial charge is 0.229 e. The lowest BCUT2D eigenvalue weighted by molar-refractivity contribution is -0.122. The Balaban J connectivity index is 1.46. The maximum Gasteiger partial charge on any atom is 0.229 e. The number of nitrogens with zero attached hydrogens (tertiary/aromatic N) is 2. The van der Waals surface area contributed by atoms with Crippen molar-refractivity contribution in [1.29, 1.82) is 0 Å². The Morgan fingerprint density at radius 3 is 2.68 bits per heavy atom. The molecule has 7 heteroatoms. The van der Waals surface area contributed by atoms with Gasteiger partial charge in [-0.25, -0.2) is 0 Å². The van der Waals surface area contributed by atoms with Crippen molar-refractivity contribution in [3.8, 4) is 0 Å². The van der Waals surface area contributed by atoms with E-state index in [-0.39, 0.29) is 24.1 Å². The summed E-state index contributed by atoms with van der Waals surface area (Å²) in [5.74, 6) is -0.728. The van der Waals surface area contributed by atoms with Gasteiger partial charge in [0.25, 0.3) is 0 Å². The van der Waals surface area contributed by atoms with E-state index in [1.807, 2.05) is 18.2 Å². The van der Waals surface area contributed by atoms with Gasteiger partial charge in [0, 0.05) is 37.8 Å². The Labute approximate surface area is 168 Å². The van der Waals surface area contributed by atoms with Crippen LogP contribution in [0.1, 0.15) is 18.9 Å². The highest BCUT2D eigenvalue weighted by atomic mass is 35.5. The first-order chi connectivity index (χ1) is 13.4. The molecule has 0 aliphatic carbocycles. The molecule has 2 aliphatic rings. The van der Waals surface area contributed by atoms with Gasteiger partial charge in [0.15, 0.2) is 0 Å². The summed E-state index contributed by atoms with van der Waals surface area (Å²) in [5.41, 5.74) is 3.24. The lowest BCUT2D eigenvalue weighted by Crippen LogP contribution is -2.28. The summed E-state index contributed by atoms with van der Waals surface area (Å²) in [4.78, 5) is 40.1. The standard InChI is InChI=1S/C21H20ClN3O3/c1-13(26)24-9-8-14-10-16(6-7-18(14)24)23-21(28)15-11-20(27)25(12-15)19-5-3-2-4-17(19)22/h2-7,10,15H,8-9,11-12H2,1H3,(H,23,28). The fourth-order valence-corrected chi connectivity index (χ4v) is 4.08. The van der Waals surface area contributed by atoms with E-state index in [1.54, 1.807) is 41.0 Å². The van der Waals surface area contributed by atoms with Crippen LogP contribution in [0.5, 0.6) is 0 Å². The van der Waals surface area contributed by atoms with E-state index in [1.165, 1.54) is 0 Å². The highest BCUT2D eigenvalue weighted by molar-refractivity contribution is 6.33. The van der Waals surface area contributed by atoms with Gasteiger partial charge in [-0.2, -0.15) is 0 Å². The zero-order valence-electron chi connectivity index (χ0n) is 15.4. The van der Waals surface area contributed by atoms with Crippen molar-refractivity contribution in [2.45, 2.75) is 19.8 Å². The van der Waals surface area contributed by atoms with Gasteiger partial charge < -0.3 is 15.1 Å². The van der Waals surface area contributed by atoms with Crippen LogP contribution in [0.2, 0.25) is 5.02 Å². The SMILES string of the molecule is CC(=O)N1CCc2cc(NC(=O)C3CC(=O)N(c4ccccc4Cl)C3)ccc21. The van der Waals surface area contributed by atoms with Crippen LogP contribution in [-0.4, -0.2) is 30.8 Å². The van der Waals surface area contributed by atoms with Crippen LogP contribution in [0.15, 0.2) is 42.5 Å². The first-order valence-corrected chi connectivity index (χ1v) is 9.58. The van der Waals surface area contributed by atoms with Gasteiger partial charge in [-0.15, -0.1) is 0 Å². The summed E-state index contributed by atoms with van der Waals surface area (Å²) in [5, 5.41) is 3.40. The summed E-state index contributed by atoms with van der Waals surface area (Å²) in [6.45, 7) is 2.51. The van der Waals surface area contributed by atoms with Gasteiger partial charge in [0.1, 0.15) is 0 Å². The fraction of sp³-hybridized carbons (Fsp3) is 0.286. The first kappa shape index (κ1) is 18.5. The van der Waals surface area contributed by atoms with E-state index in [0.717, 1.165) is 17.7 Å². The van der Waals surface area contributed by atoms with E-state index >= 15 is 0 Å². The molecule has 2 heterocycles. The first-order valence-electron chi connectivity index (χ1n) is 9.21. The van der Waals surface area contributed by atoms with Crippen LogP contribution in [0, 0.1) is 5.92 Å². The van der Waals surface area contributed by atoms with E-state index < -0.39 is 5.92 Å². The van der Waals surface area contributed by atoms with Gasteiger partial charge in [-0.05, 0) is 42.3 Å². The lowest BCUT2D eigenvalue weighted by Gasteiger charge is -2.18. The van der Waals surface area contributed by atoms with Crippen LogP contribution in [0.4, 0.5) is 17.1 Å². The van der Waals surface area contributed by atoms with Crippen molar-refractivity contribution >= 4 is 46.4 Å². The minimum atomic E-state index is -0.439. The largest absolute Gasteiger partial charge is 0.326 e. The second kappa shape index (κ2) is 7.28. The van der Waals surface area contributed by atoms with E-state index in [9.17, 15) is 14.4 Å². The molecule has 28 heavy (non-hydrogen) atoms. The molecule has 4 rings (SSSR count). The number of carbonyl (C=O) groups is 3. The highest BCUT2D eigenvalue weighted by Gasteiger charge is 2.36. The van der Waals surface area contributed by atoms with Crippen LogP contribution in [0.25, 0.3) is 0 Å². The molecule has 144 valence electrons. The Bertz CT molecular complexity index is 975. The number of benzene rings is 2. The van der Waals surface area contributed by atoms with Crippen LogP contribution < -0.4 is 15.1 Å². The summed E-state index contributed by atoms with van der Waals surface area (Å²) >= 11 is 6.19. The third-order valence-electron chi connectivity index (χ3n) is 5.26.